The van der Waals surface area contributed by atoms with Crippen LogP contribution < -0.4 is 4.74 Å². The average molecular weight is 185 g/mol. The van der Waals surface area contributed by atoms with Gasteiger partial charge in [0.1, 0.15) is 5.75 Å². The number of benzene rings is 1. The Morgan fingerprint density at radius 2 is 2.07 bits per heavy atom. The van der Waals surface area contributed by atoms with E-state index in [1.165, 1.54) is 0 Å². The molecule has 0 amide bonds. The molecule has 0 aliphatic rings. The molecule has 0 fully saturated rings. The van der Waals surface area contributed by atoms with Crippen LogP contribution in [0.2, 0.25) is 0 Å². The lowest BCUT2D eigenvalue weighted by Gasteiger charge is -2.01. The minimum absolute atomic E-state index is 0.690. The lowest BCUT2D eigenvalue weighted by Crippen LogP contribution is -1.88. The molecule has 0 aliphatic carbocycles. The highest BCUT2D eigenvalue weighted by Gasteiger charge is 2.00. The summed E-state index contributed by atoms with van der Waals surface area (Å²) in [5, 5.41) is 0. The average Bonchev–Trinajstić information content (AvgIpc) is 2.30. The van der Waals surface area contributed by atoms with E-state index < -0.39 is 0 Å². The first kappa shape index (κ1) is 8.69. The van der Waals surface area contributed by atoms with Crippen molar-refractivity contribution >= 4 is 0 Å². The lowest BCUT2D eigenvalue weighted by molar-refractivity contribution is 0.414. The summed E-state index contributed by atoms with van der Waals surface area (Å²) in [6.45, 7) is 0. The van der Waals surface area contributed by atoms with Crippen LogP contribution in [0.15, 0.2) is 36.7 Å². The monoisotopic (exact) mass is 185 g/mol. The molecule has 3 nitrogen and oxygen atoms in total. The fraction of sp³-hybridized carbons (Fsp3) is 0.0909. The molecule has 0 N–H and O–H groups in total. The normalized spacial score (nSPS) is 9.79. The molecule has 2 rings (SSSR count). The molecule has 0 atom stereocenters. The molecule has 1 aromatic heterocycles. The minimum Gasteiger partial charge on any atom is -0.496 e. The predicted molar refractivity (Wildman–Crippen MR) is 52.9 cm³/mol. The molecule has 3 heteroatoms. The van der Waals surface area contributed by atoms with E-state index in [0.717, 1.165) is 5.56 Å². The second kappa shape index (κ2) is 3.87. The van der Waals surface area contributed by atoms with E-state index in [0.29, 0.717) is 11.6 Å². The van der Waals surface area contributed by atoms with E-state index in [9.17, 15) is 0 Å². The molecule has 1 heterocycles. The Bertz CT molecular complexity index is 415. The Kier molecular flexibility index (Phi) is 2.40. The Morgan fingerprint density at radius 1 is 1.29 bits per heavy atom. The Labute approximate surface area is 82.4 Å². The summed E-state index contributed by atoms with van der Waals surface area (Å²) in [5.74, 6) is 1.38. The van der Waals surface area contributed by atoms with Crippen molar-refractivity contribution in [1.82, 2.24) is 9.97 Å². The standard InChI is InChI=1S/C11H9N2O/c1-14-10-5-2-4-9(8-10)11-12-6-3-7-13-11/h2-4,6-8H,1H3. The van der Waals surface area contributed by atoms with Crippen molar-refractivity contribution in [2.24, 2.45) is 0 Å². The van der Waals surface area contributed by atoms with Gasteiger partial charge in [0, 0.05) is 24.0 Å². The van der Waals surface area contributed by atoms with E-state index in [-0.39, 0.29) is 0 Å². The van der Waals surface area contributed by atoms with Crippen LogP contribution in [0.1, 0.15) is 0 Å². The van der Waals surface area contributed by atoms with Gasteiger partial charge < -0.3 is 4.74 Å². The SMILES string of the molecule is COc1[c]ccc(-c2ncccn2)c1. The predicted octanol–water partition coefficient (Wildman–Crippen LogP) is 1.95. The molecule has 0 bridgehead atoms. The van der Waals surface area contributed by atoms with Crippen LogP contribution in [0.4, 0.5) is 0 Å². The van der Waals surface area contributed by atoms with Crippen molar-refractivity contribution < 1.29 is 4.74 Å². The summed E-state index contributed by atoms with van der Waals surface area (Å²) in [4.78, 5) is 8.29. The highest BCUT2D eigenvalue weighted by Crippen LogP contribution is 2.19. The second-order valence-corrected chi connectivity index (χ2v) is 2.72. The zero-order valence-electron chi connectivity index (χ0n) is 7.77. The molecule has 0 saturated heterocycles. The first-order valence-corrected chi connectivity index (χ1v) is 4.23. The van der Waals surface area contributed by atoms with Crippen LogP contribution in [0.3, 0.4) is 0 Å². The van der Waals surface area contributed by atoms with Gasteiger partial charge in [0.25, 0.3) is 0 Å². The first-order chi connectivity index (χ1) is 6.90. The molecule has 69 valence electrons. The number of hydrogen-bond donors (Lipinski definition) is 0. The van der Waals surface area contributed by atoms with Crippen LogP contribution in [0.5, 0.6) is 5.75 Å². The van der Waals surface area contributed by atoms with Gasteiger partial charge in [-0.3, -0.25) is 0 Å². The quantitative estimate of drug-likeness (QED) is 0.717. The van der Waals surface area contributed by atoms with E-state index in [1.807, 2.05) is 12.1 Å². The van der Waals surface area contributed by atoms with Crippen LogP contribution in [-0.4, -0.2) is 17.1 Å². The van der Waals surface area contributed by atoms with Gasteiger partial charge in [-0.15, -0.1) is 0 Å². The zero-order valence-corrected chi connectivity index (χ0v) is 7.77. The van der Waals surface area contributed by atoms with Gasteiger partial charge in [0.05, 0.1) is 7.11 Å². The Morgan fingerprint density at radius 3 is 2.79 bits per heavy atom. The van der Waals surface area contributed by atoms with Gasteiger partial charge in [-0.25, -0.2) is 9.97 Å². The van der Waals surface area contributed by atoms with Crippen molar-refractivity contribution in [3.63, 3.8) is 0 Å². The second-order valence-electron chi connectivity index (χ2n) is 2.72. The maximum Gasteiger partial charge on any atom is 0.159 e. The number of nitrogens with zero attached hydrogens (tertiary/aromatic N) is 2. The summed E-state index contributed by atoms with van der Waals surface area (Å²) >= 11 is 0. The van der Waals surface area contributed by atoms with Crippen molar-refractivity contribution in [1.29, 1.82) is 0 Å². The topological polar surface area (TPSA) is 35.0 Å². The molecular formula is C11H9N2O. The Balaban J connectivity index is 2.42. The van der Waals surface area contributed by atoms with Crippen LogP contribution >= 0.6 is 0 Å². The van der Waals surface area contributed by atoms with E-state index in [4.69, 9.17) is 4.74 Å². The summed E-state index contributed by atoms with van der Waals surface area (Å²) < 4.78 is 5.07. The third kappa shape index (κ3) is 1.71. The molecule has 2 aromatic rings. The summed E-state index contributed by atoms with van der Waals surface area (Å²) in [6, 6.07) is 10.3. The molecular weight excluding hydrogens is 176 g/mol. The molecule has 0 spiro atoms. The summed E-state index contributed by atoms with van der Waals surface area (Å²) in [5.41, 5.74) is 0.932. The Hall–Kier alpha value is -1.90. The van der Waals surface area contributed by atoms with Crippen molar-refractivity contribution in [2.75, 3.05) is 7.11 Å². The molecule has 0 saturated carbocycles. The van der Waals surface area contributed by atoms with Gasteiger partial charge in [-0.1, -0.05) is 6.07 Å². The summed E-state index contributed by atoms with van der Waals surface area (Å²) in [6.07, 6.45) is 3.43. The summed E-state index contributed by atoms with van der Waals surface area (Å²) in [7, 11) is 1.61. The third-order valence-corrected chi connectivity index (χ3v) is 1.82. The highest BCUT2D eigenvalue weighted by atomic mass is 16.5. The molecule has 14 heavy (non-hydrogen) atoms. The number of ether oxygens (including phenoxy) is 1. The third-order valence-electron chi connectivity index (χ3n) is 1.82. The largest absolute Gasteiger partial charge is 0.496 e. The first-order valence-electron chi connectivity index (χ1n) is 4.23. The number of methoxy groups -OCH3 is 1. The molecule has 1 aromatic carbocycles. The zero-order chi connectivity index (χ0) is 9.80. The maximum atomic E-state index is 5.07. The van der Waals surface area contributed by atoms with Crippen molar-refractivity contribution in [3.8, 4) is 17.1 Å². The smallest absolute Gasteiger partial charge is 0.159 e. The van der Waals surface area contributed by atoms with Gasteiger partial charge in [-0.05, 0) is 18.2 Å². The number of rotatable bonds is 2. The van der Waals surface area contributed by atoms with Gasteiger partial charge in [0.15, 0.2) is 5.82 Å². The van der Waals surface area contributed by atoms with E-state index >= 15 is 0 Å². The minimum atomic E-state index is 0.690. The lowest BCUT2D eigenvalue weighted by atomic mass is 10.2. The highest BCUT2D eigenvalue weighted by molar-refractivity contribution is 5.56. The fourth-order valence-corrected chi connectivity index (χ4v) is 1.15. The van der Waals surface area contributed by atoms with Crippen molar-refractivity contribution in [3.05, 3.63) is 42.7 Å². The fourth-order valence-electron chi connectivity index (χ4n) is 1.15. The number of hydrogen-bond acceptors (Lipinski definition) is 3. The van der Waals surface area contributed by atoms with Gasteiger partial charge in [-0.2, -0.15) is 0 Å². The van der Waals surface area contributed by atoms with Crippen LogP contribution in [0, 0.1) is 6.07 Å². The van der Waals surface area contributed by atoms with Crippen LogP contribution in [-0.2, 0) is 0 Å². The van der Waals surface area contributed by atoms with Gasteiger partial charge >= 0.3 is 0 Å². The maximum absolute atomic E-state index is 5.07. The molecule has 0 aliphatic heterocycles. The van der Waals surface area contributed by atoms with Gasteiger partial charge in [0.2, 0.25) is 0 Å². The van der Waals surface area contributed by atoms with E-state index in [2.05, 4.69) is 16.0 Å². The number of aromatic nitrogens is 2. The molecule has 0 unspecified atom stereocenters. The molecule has 1 radical (unpaired) electrons. The van der Waals surface area contributed by atoms with E-state index in [1.54, 1.807) is 31.6 Å². The van der Waals surface area contributed by atoms with Crippen molar-refractivity contribution in [2.45, 2.75) is 0 Å². The van der Waals surface area contributed by atoms with Crippen LogP contribution in [0.25, 0.3) is 11.4 Å².